The summed E-state index contributed by atoms with van der Waals surface area (Å²) in [6, 6.07) is -1.12. The van der Waals surface area contributed by atoms with Crippen molar-refractivity contribution in [2.45, 2.75) is 35.9 Å². The van der Waals surface area contributed by atoms with Crippen molar-refractivity contribution in [1.29, 1.82) is 0 Å². The van der Waals surface area contributed by atoms with E-state index in [1.807, 2.05) is 0 Å². The maximum atomic E-state index is 10.5. The van der Waals surface area contributed by atoms with Gasteiger partial charge < -0.3 is 36.0 Å². The van der Waals surface area contributed by atoms with Gasteiger partial charge in [-0.25, -0.2) is 0 Å². The van der Waals surface area contributed by atoms with E-state index in [1.165, 1.54) is 0 Å². The zero-order valence-corrected chi connectivity index (χ0v) is 10.2. The van der Waals surface area contributed by atoms with Crippen molar-refractivity contribution in [3.8, 4) is 0 Å². The van der Waals surface area contributed by atoms with Gasteiger partial charge in [0.25, 0.3) is 0 Å². The van der Waals surface area contributed by atoms with E-state index in [1.54, 1.807) is 0 Å². The molecule has 0 aromatic carbocycles. The molecule has 0 aliphatic carbocycles. The van der Waals surface area contributed by atoms with E-state index < -0.39 is 48.5 Å². The summed E-state index contributed by atoms with van der Waals surface area (Å²) in [4.78, 5) is 10.5. The SMILES string of the molecule is N[C@@H](CS[C@@H]1O[C@H](CO)[C@@H](O)[C@H](O)[C@H]1O)C(=O)O. The maximum absolute atomic E-state index is 10.5. The molecule has 6 atom stereocenters. The van der Waals surface area contributed by atoms with Crippen LogP contribution in [0.5, 0.6) is 0 Å². The number of nitrogens with two attached hydrogens (primary N) is 1. The number of carbonyl (C=O) groups is 1. The molecule has 0 spiro atoms. The molecular weight excluding hydrogens is 266 g/mol. The van der Waals surface area contributed by atoms with Crippen LogP contribution < -0.4 is 5.73 Å². The number of ether oxygens (including phenoxy) is 1. The molecule has 0 aromatic heterocycles. The van der Waals surface area contributed by atoms with E-state index in [9.17, 15) is 20.1 Å². The highest BCUT2D eigenvalue weighted by atomic mass is 32.2. The number of hydrogen-bond donors (Lipinski definition) is 6. The monoisotopic (exact) mass is 283 g/mol. The molecular formula is C9H17NO7S. The van der Waals surface area contributed by atoms with Gasteiger partial charge in [0.05, 0.1) is 6.61 Å². The quantitative estimate of drug-likeness (QED) is 0.308. The van der Waals surface area contributed by atoms with Crippen molar-refractivity contribution in [2.75, 3.05) is 12.4 Å². The molecule has 1 saturated heterocycles. The highest BCUT2D eigenvalue weighted by Gasteiger charge is 2.43. The lowest BCUT2D eigenvalue weighted by atomic mass is 10.0. The fourth-order valence-electron chi connectivity index (χ4n) is 1.47. The normalized spacial score (nSPS) is 38.4. The van der Waals surface area contributed by atoms with Crippen molar-refractivity contribution < 1.29 is 35.1 Å². The third kappa shape index (κ3) is 3.54. The molecule has 0 saturated carbocycles. The zero-order valence-electron chi connectivity index (χ0n) is 9.42. The first-order chi connectivity index (χ1) is 8.38. The molecule has 1 aliphatic rings. The fourth-order valence-corrected chi connectivity index (χ4v) is 2.59. The van der Waals surface area contributed by atoms with Crippen LogP contribution >= 0.6 is 11.8 Å². The molecule has 0 aromatic rings. The number of hydrogen-bond acceptors (Lipinski definition) is 8. The number of thioether (sulfide) groups is 1. The number of carboxylic acid groups (broad SMARTS) is 1. The molecule has 1 fully saturated rings. The number of aliphatic hydroxyl groups excluding tert-OH is 4. The second kappa shape index (κ2) is 6.66. The van der Waals surface area contributed by atoms with Crippen LogP contribution in [0.4, 0.5) is 0 Å². The van der Waals surface area contributed by atoms with Gasteiger partial charge in [-0.15, -0.1) is 11.8 Å². The highest BCUT2D eigenvalue weighted by molar-refractivity contribution is 7.99. The lowest BCUT2D eigenvalue weighted by Gasteiger charge is -2.39. The number of rotatable bonds is 5. The predicted molar refractivity (Wildman–Crippen MR) is 61.8 cm³/mol. The van der Waals surface area contributed by atoms with E-state index >= 15 is 0 Å². The average molecular weight is 283 g/mol. The van der Waals surface area contributed by atoms with Crippen LogP contribution in [0.1, 0.15) is 0 Å². The summed E-state index contributed by atoms with van der Waals surface area (Å²) in [5, 5.41) is 46.2. The van der Waals surface area contributed by atoms with Crippen LogP contribution in [0.25, 0.3) is 0 Å². The first-order valence-corrected chi connectivity index (χ1v) is 6.33. The summed E-state index contributed by atoms with van der Waals surface area (Å²) in [6.45, 7) is -0.521. The zero-order chi connectivity index (χ0) is 13.9. The van der Waals surface area contributed by atoms with Gasteiger partial charge in [-0.05, 0) is 0 Å². The van der Waals surface area contributed by atoms with Crippen LogP contribution in [0.2, 0.25) is 0 Å². The average Bonchev–Trinajstić information content (AvgIpc) is 2.34. The Labute approximate surface area is 107 Å². The smallest absolute Gasteiger partial charge is 0.321 e. The highest BCUT2D eigenvalue weighted by Crippen LogP contribution is 2.28. The molecule has 0 radical (unpaired) electrons. The molecule has 1 heterocycles. The van der Waals surface area contributed by atoms with Crippen molar-refractivity contribution in [2.24, 2.45) is 5.73 Å². The Balaban J connectivity index is 2.56. The van der Waals surface area contributed by atoms with Gasteiger partial charge in [0.1, 0.15) is 35.9 Å². The Hall–Kier alpha value is -0.420. The van der Waals surface area contributed by atoms with Crippen LogP contribution in [-0.2, 0) is 9.53 Å². The largest absolute Gasteiger partial charge is 0.480 e. The summed E-state index contributed by atoms with van der Waals surface area (Å²) < 4.78 is 5.17. The van der Waals surface area contributed by atoms with Gasteiger partial charge in [0.15, 0.2) is 0 Å². The Morgan fingerprint density at radius 3 is 2.39 bits per heavy atom. The second-order valence-electron chi connectivity index (χ2n) is 3.98. The maximum Gasteiger partial charge on any atom is 0.321 e. The fraction of sp³-hybridized carbons (Fsp3) is 0.889. The molecule has 1 rings (SSSR count). The molecule has 106 valence electrons. The summed E-state index contributed by atoms with van der Waals surface area (Å²) in [6.07, 6.45) is -5.26. The second-order valence-corrected chi connectivity index (χ2v) is 5.11. The van der Waals surface area contributed by atoms with E-state index in [-0.39, 0.29) is 5.75 Å². The van der Waals surface area contributed by atoms with Gasteiger partial charge in [0, 0.05) is 5.75 Å². The lowest BCUT2D eigenvalue weighted by Crippen LogP contribution is -2.57. The van der Waals surface area contributed by atoms with Crippen molar-refractivity contribution >= 4 is 17.7 Å². The first kappa shape index (κ1) is 15.6. The number of carboxylic acids is 1. The van der Waals surface area contributed by atoms with E-state index in [4.69, 9.17) is 20.7 Å². The van der Waals surface area contributed by atoms with Crippen molar-refractivity contribution in [1.82, 2.24) is 0 Å². The topological polar surface area (TPSA) is 153 Å². The Bertz CT molecular complexity index is 290. The number of aliphatic carboxylic acids is 1. The van der Waals surface area contributed by atoms with Crippen LogP contribution in [-0.4, -0.2) is 79.8 Å². The molecule has 18 heavy (non-hydrogen) atoms. The van der Waals surface area contributed by atoms with Gasteiger partial charge >= 0.3 is 5.97 Å². The van der Waals surface area contributed by atoms with Crippen molar-refractivity contribution in [3.63, 3.8) is 0 Å². The minimum Gasteiger partial charge on any atom is -0.480 e. The van der Waals surface area contributed by atoms with Crippen LogP contribution in [0.3, 0.4) is 0 Å². The Morgan fingerprint density at radius 2 is 1.89 bits per heavy atom. The molecule has 9 heteroatoms. The summed E-state index contributed by atoms with van der Waals surface area (Å²) in [5.41, 5.74) is 4.34. The lowest BCUT2D eigenvalue weighted by molar-refractivity contribution is -0.205. The predicted octanol–water partition coefficient (Wildman–Crippen LogP) is -3.07. The van der Waals surface area contributed by atoms with Crippen LogP contribution in [0.15, 0.2) is 0 Å². The Kier molecular flexibility index (Phi) is 5.79. The van der Waals surface area contributed by atoms with E-state index in [2.05, 4.69) is 0 Å². The van der Waals surface area contributed by atoms with E-state index in [0.29, 0.717) is 0 Å². The standard InChI is InChI=1S/C9H17NO7S/c10-3(8(15)16)2-18-9-7(14)6(13)5(12)4(1-11)17-9/h3-7,9,11-14H,1-2,10H2,(H,15,16)/t3-,4+,5+,6-,7+,9-/m0/s1. The minimum absolute atomic E-state index is 0.0297. The molecule has 8 nitrogen and oxygen atoms in total. The summed E-state index contributed by atoms with van der Waals surface area (Å²) in [5.74, 6) is -1.22. The van der Waals surface area contributed by atoms with E-state index in [0.717, 1.165) is 11.8 Å². The molecule has 0 bridgehead atoms. The summed E-state index contributed by atoms with van der Waals surface area (Å²) >= 11 is 0.907. The first-order valence-electron chi connectivity index (χ1n) is 5.29. The summed E-state index contributed by atoms with van der Waals surface area (Å²) in [7, 11) is 0. The Morgan fingerprint density at radius 1 is 1.28 bits per heavy atom. The van der Waals surface area contributed by atoms with Crippen LogP contribution in [0, 0.1) is 0 Å². The van der Waals surface area contributed by atoms with Gasteiger partial charge in [-0.2, -0.15) is 0 Å². The van der Waals surface area contributed by atoms with Crippen molar-refractivity contribution in [3.05, 3.63) is 0 Å². The molecule has 7 N–H and O–H groups in total. The third-order valence-corrected chi connectivity index (χ3v) is 3.88. The molecule has 0 amide bonds. The van der Waals surface area contributed by atoms with Gasteiger partial charge in [-0.1, -0.05) is 0 Å². The van der Waals surface area contributed by atoms with Gasteiger partial charge in [-0.3, -0.25) is 4.79 Å². The minimum atomic E-state index is -1.46. The molecule has 0 unspecified atom stereocenters. The third-order valence-electron chi connectivity index (χ3n) is 2.61. The number of aliphatic hydroxyl groups is 4. The molecule has 1 aliphatic heterocycles. The van der Waals surface area contributed by atoms with Gasteiger partial charge in [0.2, 0.25) is 0 Å².